The summed E-state index contributed by atoms with van der Waals surface area (Å²) in [7, 11) is 0. The number of aromatic nitrogens is 1. The molecule has 0 unspecified atom stereocenters. The van der Waals surface area contributed by atoms with Crippen LogP contribution in [0, 0.1) is 0 Å². The molecule has 0 saturated heterocycles. The van der Waals surface area contributed by atoms with Gasteiger partial charge in [0, 0.05) is 49.4 Å². The topological polar surface area (TPSA) is 21.3 Å². The molecule has 0 atom stereocenters. The summed E-state index contributed by atoms with van der Waals surface area (Å²) in [5.41, 5.74) is 17.8. The number of furan rings is 1. The minimum atomic E-state index is 0.906. The Kier molecular flexibility index (Phi) is 9.17. The number of nitrogens with zero attached hydrogens (tertiary/aromatic N) is 2. The lowest BCUT2D eigenvalue weighted by atomic mass is 9.97. The summed E-state index contributed by atoms with van der Waals surface area (Å²) >= 11 is 0. The van der Waals surface area contributed by atoms with Crippen LogP contribution in [0.25, 0.3) is 105 Å². The quantitative estimate of drug-likeness (QED) is 0.152. The van der Waals surface area contributed by atoms with E-state index in [4.69, 9.17) is 4.42 Å². The van der Waals surface area contributed by atoms with Crippen molar-refractivity contribution in [3.05, 3.63) is 255 Å². The van der Waals surface area contributed by atoms with E-state index in [0.29, 0.717) is 0 Å². The molecule has 0 radical (unpaired) electrons. The van der Waals surface area contributed by atoms with Gasteiger partial charge in [0.2, 0.25) is 0 Å². The summed E-state index contributed by atoms with van der Waals surface area (Å²) in [5, 5.41) is 7.15. The highest BCUT2D eigenvalue weighted by molar-refractivity contribution is 6.11. The van der Waals surface area contributed by atoms with Gasteiger partial charge in [-0.2, -0.15) is 0 Å². The lowest BCUT2D eigenvalue weighted by molar-refractivity contribution is 0.670. The van der Waals surface area contributed by atoms with E-state index in [1.165, 1.54) is 43.7 Å². The molecule has 2 heterocycles. The number of fused-ring (bicyclic) bond motifs is 7. The van der Waals surface area contributed by atoms with Crippen LogP contribution in [0.2, 0.25) is 0 Å². The summed E-state index contributed by atoms with van der Waals surface area (Å²) in [5.74, 6) is 0. The molecule has 67 heavy (non-hydrogen) atoms. The minimum Gasteiger partial charge on any atom is -0.455 e. The fourth-order valence-corrected chi connectivity index (χ4v) is 10.2. The Labute approximate surface area is 388 Å². The third-order valence-corrected chi connectivity index (χ3v) is 13.4. The lowest BCUT2D eigenvalue weighted by Gasteiger charge is -2.27. The van der Waals surface area contributed by atoms with Gasteiger partial charge >= 0.3 is 0 Å². The third-order valence-electron chi connectivity index (χ3n) is 13.4. The van der Waals surface area contributed by atoms with Crippen LogP contribution in [-0.2, 0) is 0 Å². The van der Waals surface area contributed by atoms with Crippen LogP contribution in [0.5, 0.6) is 0 Å². The molecular weight excluding hydrogens is 813 g/mol. The predicted molar refractivity (Wildman–Crippen MR) is 282 cm³/mol. The molecule has 0 aliphatic rings. The molecule has 3 heteroatoms. The van der Waals surface area contributed by atoms with Gasteiger partial charge in [-0.1, -0.05) is 194 Å². The summed E-state index contributed by atoms with van der Waals surface area (Å²) in [4.78, 5) is 2.39. The van der Waals surface area contributed by atoms with Gasteiger partial charge in [0.05, 0.1) is 22.4 Å². The van der Waals surface area contributed by atoms with E-state index in [1.54, 1.807) is 0 Å². The fourth-order valence-electron chi connectivity index (χ4n) is 10.2. The largest absolute Gasteiger partial charge is 0.455 e. The highest BCUT2D eigenvalue weighted by Crippen LogP contribution is 2.43. The predicted octanol–water partition coefficient (Wildman–Crippen LogP) is 18.0. The monoisotopic (exact) mass is 854 g/mol. The van der Waals surface area contributed by atoms with E-state index < -0.39 is 0 Å². The minimum absolute atomic E-state index is 0.906. The molecule has 0 fully saturated rings. The third kappa shape index (κ3) is 6.59. The van der Waals surface area contributed by atoms with Gasteiger partial charge in [-0.3, -0.25) is 0 Å². The summed E-state index contributed by atoms with van der Waals surface area (Å²) < 4.78 is 8.88. The molecule has 13 rings (SSSR count). The first-order valence-corrected chi connectivity index (χ1v) is 22.9. The Morgan fingerprint density at radius 1 is 0.313 bits per heavy atom. The molecule has 13 aromatic rings. The van der Waals surface area contributed by atoms with Crippen LogP contribution < -0.4 is 4.90 Å². The van der Waals surface area contributed by atoms with Gasteiger partial charge in [0.15, 0.2) is 0 Å². The average molecular weight is 855 g/mol. The maximum Gasteiger partial charge on any atom is 0.143 e. The zero-order chi connectivity index (χ0) is 44.3. The zero-order valence-electron chi connectivity index (χ0n) is 36.6. The zero-order valence-corrected chi connectivity index (χ0v) is 36.6. The molecule has 0 amide bonds. The Morgan fingerprint density at radius 2 is 0.836 bits per heavy atom. The van der Waals surface area contributed by atoms with Crippen LogP contribution in [0.15, 0.2) is 259 Å². The van der Waals surface area contributed by atoms with Gasteiger partial charge in [-0.15, -0.1) is 0 Å². The van der Waals surface area contributed by atoms with Crippen LogP contribution in [0.4, 0.5) is 17.1 Å². The SMILES string of the molecule is c1ccc(-c2ccc(-c3ccc(N(c4ccc(-c5cccc(-c6cccc7c6oc6ccccc67)c5)cc4)c4cccc5ccccc45)cc3)c(-n3c4ccccc4c4ccccc43)c2)cc1. The van der Waals surface area contributed by atoms with Gasteiger partial charge in [-0.25, -0.2) is 0 Å². The van der Waals surface area contributed by atoms with E-state index in [2.05, 4.69) is 252 Å². The number of anilines is 3. The second-order valence-electron chi connectivity index (χ2n) is 17.3. The Bertz CT molecular complexity index is 3910. The fraction of sp³-hybridized carbons (Fsp3) is 0. The molecule has 0 aliphatic carbocycles. The number of benzene rings is 11. The molecule has 0 spiro atoms. The number of hydrogen-bond donors (Lipinski definition) is 0. The molecule has 0 aliphatic heterocycles. The summed E-state index contributed by atoms with van der Waals surface area (Å²) in [6, 6.07) is 91.9. The van der Waals surface area contributed by atoms with Crippen molar-refractivity contribution in [2.24, 2.45) is 0 Å². The molecule has 0 saturated carbocycles. The second-order valence-corrected chi connectivity index (χ2v) is 17.3. The first-order valence-electron chi connectivity index (χ1n) is 22.9. The second kappa shape index (κ2) is 16.0. The lowest BCUT2D eigenvalue weighted by Crippen LogP contribution is -2.10. The van der Waals surface area contributed by atoms with Gasteiger partial charge in [-0.05, 0) is 99.4 Å². The van der Waals surface area contributed by atoms with Crippen molar-refractivity contribution in [1.82, 2.24) is 4.57 Å². The Morgan fingerprint density at radius 3 is 1.60 bits per heavy atom. The van der Waals surface area contributed by atoms with Crippen LogP contribution in [-0.4, -0.2) is 4.57 Å². The maximum atomic E-state index is 6.44. The number of rotatable bonds is 8. The molecule has 0 N–H and O–H groups in total. The van der Waals surface area contributed by atoms with E-state index in [-0.39, 0.29) is 0 Å². The standard InChI is InChI=1S/C64H42N2O/c1-2-15-43(16-3-1)48-35-40-53(62(42-48)66-60-27-9-6-22-55(60)56-23-7-10-28-61(56)66)46-33-38-51(39-34-46)65(59-29-13-18-45-17-4-5-21-52(45)59)50-36-31-44(32-37-50)47-19-12-20-49(41-47)54-25-14-26-58-57-24-8-11-30-63(57)67-64(54)58/h1-42H. The summed E-state index contributed by atoms with van der Waals surface area (Å²) in [6.45, 7) is 0. The molecule has 2 aromatic heterocycles. The van der Waals surface area contributed by atoms with Crippen molar-refractivity contribution in [3.63, 3.8) is 0 Å². The molecule has 3 nitrogen and oxygen atoms in total. The van der Waals surface area contributed by atoms with Gasteiger partial charge in [0.1, 0.15) is 11.2 Å². The van der Waals surface area contributed by atoms with E-state index >= 15 is 0 Å². The molecule has 11 aromatic carbocycles. The van der Waals surface area contributed by atoms with E-state index in [1.807, 2.05) is 12.1 Å². The number of para-hydroxylation sites is 4. The first-order chi connectivity index (χ1) is 33.2. The van der Waals surface area contributed by atoms with Crippen molar-refractivity contribution < 1.29 is 4.42 Å². The van der Waals surface area contributed by atoms with Crippen molar-refractivity contribution in [1.29, 1.82) is 0 Å². The van der Waals surface area contributed by atoms with E-state index in [9.17, 15) is 0 Å². The van der Waals surface area contributed by atoms with Gasteiger partial charge in [0.25, 0.3) is 0 Å². The van der Waals surface area contributed by atoms with Crippen molar-refractivity contribution in [2.75, 3.05) is 4.90 Å². The normalized spacial score (nSPS) is 11.6. The summed E-state index contributed by atoms with van der Waals surface area (Å²) in [6.07, 6.45) is 0. The number of hydrogen-bond acceptors (Lipinski definition) is 2. The molecule has 314 valence electrons. The average Bonchev–Trinajstić information content (AvgIpc) is 3.96. The first kappa shape index (κ1) is 38.5. The van der Waals surface area contributed by atoms with Crippen LogP contribution in [0.1, 0.15) is 0 Å². The highest BCUT2D eigenvalue weighted by atomic mass is 16.3. The Hall–Kier alpha value is -8.92. The smallest absolute Gasteiger partial charge is 0.143 e. The van der Waals surface area contributed by atoms with Crippen LogP contribution >= 0.6 is 0 Å². The van der Waals surface area contributed by atoms with Crippen molar-refractivity contribution in [3.8, 4) is 50.2 Å². The van der Waals surface area contributed by atoms with Crippen molar-refractivity contribution in [2.45, 2.75) is 0 Å². The highest BCUT2D eigenvalue weighted by Gasteiger charge is 2.20. The maximum absolute atomic E-state index is 6.44. The van der Waals surface area contributed by atoms with Crippen molar-refractivity contribution >= 4 is 71.6 Å². The molecule has 0 bridgehead atoms. The van der Waals surface area contributed by atoms with Gasteiger partial charge < -0.3 is 13.9 Å². The Balaban J connectivity index is 0.914. The van der Waals surface area contributed by atoms with E-state index in [0.717, 1.165) is 78.1 Å². The van der Waals surface area contributed by atoms with Crippen LogP contribution in [0.3, 0.4) is 0 Å². The molecular formula is C64H42N2O.